The molecule has 3 rings (SSSR count). The molecule has 0 aliphatic heterocycles. The van der Waals surface area contributed by atoms with E-state index in [1.54, 1.807) is 66.2 Å². The largest absolute Gasteiger partial charge is 0.347 e. The molecule has 2 aromatic heterocycles. The molecule has 136 valence electrons. The van der Waals surface area contributed by atoms with Crippen molar-refractivity contribution in [3.8, 4) is 5.69 Å². The first kappa shape index (κ1) is 17.9. The predicted molar refractivity (Wildman–Crippen MR) is 100 cm³/mol. The van der Waals surface area contributed by atoms with Crippen LogP contribution in [0.3, 0.4) is 0 Å². The quantitative estimate of drug-likeness (QED) is 0.738. The molecule has 0 saturated heterocycles. The number of benzene rings is 1. The van der Waals surface area contributed by atoms with Gasteiger partial charge in [-0.3, -0.25) is 4.72 Å². The molecule has 0 aliphatic carbocycles. The first-order valence-electron chi connectivity index (χ1n) is 7.93. The average Bonchev–Trinajstić information content (AvgIpc) is 3.12. The van der Waals surface area contributed by atoms with Gasteiger partial charge in [-0.1, -0.05) is 0 Å². The van der Waals surface area contributed by atoms with Crippen molar-refractivity contribution >= 4 is 21.7 Å². The molecule has 9 heteroatoms. The number of aryl methyl sites for hydroxylation is 2. The molecule has 0 atom stereocenters. The van der Waals surface area contributed by atoms with E-state index in [1.165, 1.54) is 0 Å². The van der Waals surface area contributed by atoms with Gasteiger partial charge >= 0.3 is 0 Å². The summed E-state index contributed by atoms with van der Waals surface area (Å²) < 4.78 is 29.7. The molecule has 0 amide bonds. The van der Waals surface area contributed by atoms with E-state index in [0.29, 0.717) is 23.0 Å². The Labute approximate surface area is 152 Å². The van der Waals surface area contributed by atoms with Gasteiger partial charge in [-0.25, -0.2) is 23.1 Å². The topological polar surface area (TPSA) is 93.0 Å². The SMILES string of the molecule is Cc1nc(N(C)C)nc(C)c1NS(=O)(=O)c1ccc(-n2cccn2)cc1. The molecule has 3 aromatic rings. The summed E-state index contributed by atoms with van der Waals surface area (Å²) in [6, 6.07) is 8.28. The van der Waals surface area contributed by atoms with Crippen LogP contribution in [-0.4, -0.2) is 42.3 Å². The zero-order valence-corrected chi connectivity index (χ0v) is 15.8. The maximum absolute atomic E-state index is 12.7. The number of anilines is 2. The van der Waals surface area contributed by atoms with Gasteiger partial charge in [0.05, 0.1) is 27.7 Å². The Balaban J connectivity index is 1.90. The Morgan fingerprint density at radius 2 is 1.65 bits per heavy atom. The molecule has 0 radical (unpaired) electrons. The second-order valence-electron chi connectivity index (χ2n) is 6.01. The van der Waals surface area contributed by atoms with Gasteiger partial charge in [-0.15, -0.1) is 0 Å². The highest BCUT2D eigenvalue weighted by atomic mass is 32.2. The zero-order valence-electron chi connectivity index (χ0n) is 15.0. The van der Waals surface area contributed by atoms with Crippen LogP contribution >= 0.6 is 0 Å². The Morgan fingerprint density at radius 3 is 2.15 bits per heavy atom. The van der Waals surface area contributed by atoms with Gasteiger partial charge in [-0.2, -0.15) is 5.10 Å². The first-order valence-corrected chi connectivity index (χ1v) is 9.42. The number of nitrogens with one attached hydrogen (secondary N) is 1. The fourth-order valence-electron chi connectivity index (χ4n) is 2.44. The van der Waals surface area contributed by atoms with E-state index in [4.69, 9.17) is 0 Å². The third-order valence-electron chi connectivity index (χ3n) is 3.81. The number of rotatable bonds is 5. The number of aromatic nitrogens is 4. The van der Waals surface area contributed by atoms with Crippen LogP contribution in [0.5, 0.6) is 0 Å². The molecule has 0 unspecified atom stereocenters. The van der Waals surface area contributed by atoms with E-state index in [0.717, 1.165) is 5.69 Å². The molecule has 26 heavy (non-hydrogen) atoms. The van der Waals surface area contributed by atoms with Crippen molar-refractivity contribution in [1.82, 2.24) is 19.7 Å². The lowest BCUT2D eigenvalue weighted by molar-refractivity contribution is 0.601. The van der Waals surface area contributed by atoms with E-state index in [2.05, 4.69) is 19.8 Å². The summed E-state index contributed by atoms with van der Waals surface area (Å²) >= 11 is 0. The van der Waals surface area contributed by atoms with E-state index >= 15 is 0 Å². The van der Waals surface area contributed by atoms with Gasteiger partial charge in [-0.05, 0) is 44.2 Å². The molecular weight excluding hydrogens is 352 g/mol. The highest BCUT2D eigenvalue weighted by molar-refractivity contribution is 7.92. The molecule has 1 N–H and O–H groups in total. The maximum atomic E-state index is 12.7. The normalized spacial score (nSPS) is 11.4. The monoisotopic (exact) mass is 372 g/mol. The van der Waals surface area contributed by atoms with Gasteiger partial charge in [0.2, 0.25) is 5.95 Å². The van der Waals surface area contributed by atoms with Crippen LogP contribution in [0.4, 0.5) is 11.6 Å². The standard InChI is InChI=1S/C17H20N6O2S/c1-12-16(13(2)20-17(19-12)22(3)4)21-26(24,25)15-8-6-14(7-9-15)23-11-5-10-18-23/h5-11,21H,1-4H3. The molecule has 0 saturated carbocycles. The second-order valence-corrected chi connectivity index (χ2v) is 7.70. The highest BCUT2D eigenvalue weighted by Crippen LogP contribution is 2.23. The molecule has 0 spiro atoms. The number of nitrogens with zero attached hydrogens (tertiary/aromatic N) is 5. The third kappa shape index (κ3) is 3.52. The summed E-state index contributed by atoms with van der Waals surface area (Å²) in [5.74, 6) is 0.534. The molecule has 1 aromatic carbocycles. The Bertz CT molecular complexity index is 989. The Hall–Kier alpha value is -2.94. The van der Waals surface area contributed by atoms with E-state index in [1.807, 2.05) is 14.1 Å². The van der Waals surface area contributed by atoms with Gasteiger partial charge in [0.15, 0.2) is 0 Å². The van der Waals surface area contributed by atoms with Crippen LogP contribution in [0, 0.1) is 13.8 Å². The minimum absolute atomic E-state index is 0.156. The number of sulfonamides is 1. The summed E-state index contributed by atoms with van der Waals surface area (Å²) in [5.41, 5.74) is 2.31. The number of hydrogen-bond acceptors (Lipinski definition) is 6. The highest BCUT2D eigenvalue weighted by Gasteiger charge is 2.19. The van der Waals surface area contributed by atoms with Crippen molar-refractivity contribution in [2.45, 2.75) is 18.7 Å². The van der Waals surface area contributed by atoms with Crippen LogP contribution in [0.15, 0.2) is 47.6 Å². The van der Waals surface area contributed by atoms with Crippen molar-refractivity contribution in [3.63, 3.8) is 0 Å². The van der Waals surface area contributed by atoms with Gasteiger partial charge in [0.25, 0.3) is 10.0 Å². The lowest BCUT2D eigenvalue weighted by Crippen LogP contribution is -2.19. The zero-order chi connectivity index (χ0) is 18.9. The summed E-state index contributed by atoms with van der Waals surface area (Å²) in [5, 5.41) is 4.12. The smallest absolute Gasteiger partial charge is 0.262 e. The minimum atomic E-state index is -3.75. The van der Waals surface area contributed by atoms with Crippen molar-refractivity contribution in [3.05, 3.63) is 54.1 Å². The van der Waals surface area contributed by atoms with Crippen molar-refractivity contribution in [2.75, 3.05) is 23.7 Å². The van der Waals surface area contributed by atoms with E-state index in [9.17, 15) is 8.42 Å². The lowest BCUT2D eigenvalue weighted by Gasteiger charge is -2.16. The van der Waals surface area contributed by atoms with Crippen molar-refractivity contribution < 1.29 is 8.42 Å². The first-order chi connectivity index (χ1) is 12.3. The summed E-state index contributed by atoms with van der Waals surface area (Å²) in [6.45, 7) is 3.50. The Morgan fingerprint density at radius 1 is 1.04 bits per heavy atom. The van der Waals surface area contributed by atoms with Crippen LogP contribution in [0.2, 0.25) is 0 Å². The van der Waals surface area contributed by atoms with Crippen molar-refractivity contribution in [2.24, 2.45) is 0 Å². The fourth-order valence-corrected chi connectivity index (χ4v) is 3.62. The number of hydrogen-bond donors (Lipinski definition) is 1. The van der Waals surface area contributed by atoms with Crippen LogP contribution in [0.25, 0.3) is 5.69 Å². The van der Waals surface area contributed by atoms with E-state index in [-0.39, 0.29) is 4.90 Å². The predicted octanol–water partition coefficient (Wildman–Crippen LogP) is 2.15. The maximum Gasteiger partial charge on any atom is 0.262 e. The van der Waals surface area contributed by atoms with Gasteiger partial charge in [0, 0.05) is 26.5 Å². The molecule has 0 fully saturated rings. The molecule has 8 nitrogen and oxygen atoms in total. The molecule has 0 aliphatic rings. The van der Waals surface area contributed by atoms with Crippen molar-refractivity contribution in [1.29, 1.82) is 0 Å². The summed E-state index contributed by atoms with van der Waals surface area (Å²) in [7, 11) is -0.0852. The van der Waals surface area contributed by atoms with Crippen LogP contribution < -0.4 is 9.62 Å². The van der Waals surface area contributed by atoms with Crippen LogP contribution in [0.1, 0.15) is 11.4 Å². The Kier molecular flexibility index (Phi) is 4.64. The lowest BCUT2D eigenvalue weighted by atomic mass is 10.3. The molecular formula is C17H20N6O2S. The van der Waals surface area contributed by atoms with E-state index < -0.39 is 10.0 Å². The minimum Gasteiger partial charge on any atom is -0.347 e. The summed E-state index contributed by atoms with van der Waals surface area (Å²) in [4.78, 5) is 10.6. The molecule has 0 bridgehead atoms. The van der Waals surface area contributed by atoms with Gasteiger partial charge in [0.1, 0.15) is 0 Å². The average molecular weight is 372 g/mol. The fraction of sp³-hybridized carbons (Fsp3) is 0.235. The second kappa shape index (κ2) is 6.75. The van der Waals surface area contributed by atoms with Crippen LogP contribution in [-0.2, 0) is 10.0 Å². The molecule has 2 heterocycles. The van der Waals surface area contributed by atoms with Gasteiger partial charge < -0.3 is 4.90 Å². The summed E-state index contributed by atoms with van der Waals surface area (Å²) in [6.07, 6.45) is 3.45. The third-order valence-corrected chi connectivity index (χ3v) is 5.18.